The van der Waals surface area contributed by atoms with E-state index in [4.69, 9.17) is 14.6 Å². The zero-order valence-electron chi connectivity index (χ0n) is 9.66. The minimum atomic E-state index is -0.940. The molecule has 1 saturated heterocycles. The summed E-state index contributed by atoms with van der Waals surface area (Å²) in [7, 11) is 0. The quantitative estimate of drug-likeness (QED) is 0.823. The summed E-state index contributed by atoms with van der Waals surface area (Å²) in [6, 6.07) is 9.82. The van der Waals surface area contributed by atoms with Crippen molar-refractivity contribution in [1.29, 1.82) is 0 Å². The van der Waals surface area contributed by atoms with Crippen molar-refractivity contribution in [3.05, 3.63) is 35.9 Å². The smallest absolute Gasteiger partial charge is 0.181 e. The highest BCUT2D eigenvalue weighted by Crippen LogP contribution is 2.21. The molecule has 4 nitrogen and oxygen atoms in total. The van der Waals surface area contributed by atoms with E-state index in [2.05, 4.69) is 0 Å². The Morgan fingerprint density at radius 1 is 1.24 bits per heavy atom. The Morgan fingerprint density at radius 2 is 2.00 bits per heavy atom. The number of ether oxygens (including phenoxy) is 2. The Balaban J connectivity index is 1.80. The van der Waals surface area contributed by atoms with Crippen LogP contribution in [0.15, 0.2) is 30.3 Å². The topological polar surface area (TPSA) is 58.9 Å². The van der Waals surface area contributed by atoms with Gasteiger partial charge in [-0.3, -0.25) is 0 Å². The first-order chi connectivity index (χ1) is 8.29. The van der Waals surface area contributed by atoms with Gasteiger partial charge in [0.1, 0.15) is 6.10 Å². The lowest BCUT2D eigenvalue weighted by Gasteiger charge is -2.32. The van der Waals surface area contributed by atoms with E-state index in [0.29, 0.717) is 19.4 Å². The van der Waals surface area contributed by atoms with Gasteiger partial charge in [-0.05, 0) is 18.4 Å². The van der Waals surface area contributed by atoms with Crippen LogP contribution in [0.25, 0.3) is 0 Å². The summed E-state index contributed by atoms with van der Waals surface area (Å²) in [5.41, 5.74) is 1.07. The van der Waals surface area contributed by atoms with Crippen molar-refractivity contribution in [1.82, 2.24) is 0 Å². The van der Waals surface area contributed by atoms with E-state index in [1.165, 1.54) is 0 Å². The third kappa shape index (κ3) is 3.51. The number of rotatable bonds is 4. The molecule has 2 rings (SSSR count). The zero-order chi connectivity index (χ0) is 12.1. The van der Waals surface area contributed by atoms with E-state index in [0.717, 1.165) is 5.56 Å². The van der Waals surface area contributed by atoms with Gasteiger partial charge in [-0.25, -0.2) is 0 Å². The molecule has 2 N–H and O–H groups in total. The van der Waals surface area contributed by atoms with E-state index >= 15 is 0 Å². The van der Waals surface area contributed by atoms with Gasteiger partial charge in [-0.15, -0.1) is 0 Å². The number of hydrogen-bond donors (Lipinski definition) is 2. The lowest BCUT2D eigenvalue weighted by molar-refractivity contribution is -0.236. The summed E-state index contributed by atoms with van der Waals surface area (Å²) in [5.74, 6) is 0. The van der Waals surface area contributed by atoms with Crippen molar-refractivity contribution in [2.45, 2.75) is 37.9 Å². The molecule has 1 fully saturated rings. The molecule has 1 aromatic carbocycles. The van der Waals surface area contributed by atoms with Gasteiger partial charge in [-0.1, -0.05) is 30.3 Å². The third-order valence-corrected chi connectivity index (χ3v) is 2.93. The van der Waals surface area contributed by atoms with Crippen LogP contribution < -0.4 is 0 Å². The van der Waals surface area contributed by atoms with E-state index in [9.17, 15) is 5.11 Å². The third-order valence-electron chi connectivity index (χ3n) is 2.93. The van der Waals surface area contributed by atoms with Crippen molar-refractivity contribution in [3.63, 3.8) is 0 Å². The molecule has 1 aliphatic rings. The molecule has 94 valence electrons. The van der Waals surface area contributed by atoms with Crippen molar-refractivity contribution in [2.24, 2.45) is 0 Å². The van der Waals surface area contributed by atoms with Crippen LogP contribution >= 0.6 is 0 Å². The van der Waals surface area contributed by atoms with Crippen LogP contribution in [0.5, 0.6) is 0 Å². The van der Waals surface area contributed by atoms with Crippen molar-refractivity contribution in [3.8, 4) is 0 Å². The highest BCUT2D eigenvalue weighted by atomic mass is 16.6. The number of hydrogen-bond acceptors (Lipinski definition) is 4. The predicted octanol–water partition coefficient (Wildman–Crippen LogP) is 1.06. The first-order valence-corrected chi connectivity index (χ1v) is 5.89. The lowest BCUT2D eigenvalue weighted by atomic mass is 10.1. The molecular weight excluding hydrogens is 220 g/mol. The highest BCUT2D eigenvalue weighted by molar-refractivity contribution is 5.13. The Morgan fingerprint density at radius 3 is 2.65 bits per heavy atom. The minimum absolute atomic E-state index is 0.0531. The maximum atomic E-state index is 9.69. The maximum Gasteiger partial charge on any atom is 0.181 e. The second kappa shape index (κ2) is 6.12. The monoisotopic (exact) mass is 238 g/mol. The van der Waals surface area contributed by atoms with Crippen molar-refractivity contribution in [2.75, 3.05) is 6.61 Å². The van der Waals surface area contributed by atoms with Crippen LogP contribution in [0.2, 0.25) is 0 Å². The average molecular weight is 238 g/mol. The number of aliphatic hydroxyl groups is 2. The summed E-state index contributed by atoms with van der Waals surface area (Å²) in [4.78, 5) is 0. The fourth-order valence-corrected chi connectivity index (χ4v) is 1.92. The van der Waals surface area contributed by atoms with Gasteiger partial charge in [0, 0.05) is 0 Å². The molecule has 17 heavy (non-hydrogen) atoms. The largest absolute Gasteiger partial charge is 0.394 e. The second-order valence-corrected chi connectivity index (χ2v) is 4.24. The van der Waals surface area contributed by atoms with Crippen LogP contribution in [0.1, 0.15) is 18.4 Å². The van der Waals surface area contributed by atoms with Crippen LogP contribution in [0.3, 0.4) is 0 Å². The average Bonchev–Trinajstić information content (AvgIpc) is 2.38. The Bertz CT molecular complexity index is 327. The molecule has 1 heterocycles. The van der Waals surface area contributed by atoms with Gasteiger partial charge in [-0.2, -0.15) is 0 Å². The summed E-state index contributed by atoms with van der Waals surface area (Å²) < 4.78 is 10.8. The van der Waals surface area contributed by atoms with Crippen molar-refractivity contribution < 1.29 is 19.7 Å². The summed E-state index contributed by atoms with van der Waals surface area (Å²) in [5, 5.41) is 18.6. The highest BCUT2D eigenvalue weighted by Gasteiger charge is 2.29. The molecule has 0 spiro atoms. The van der Waals surface area contributed by atoms with Crippen LogP contribution in [-0.4, -0.2) is 35.3 Å². The van der Waals surface area contributed by atoms with Gasteiger partial charge in [0.15, 0.2) is 6.29 Å². The molecule has 0 bridgehead atoms. The van der Waals surface area contributed by atoms with E-state index < -0.39 is 6.29 Å². The maximum absolute atomic E-state index is 9.69. The molecular formula is C13H18O4. The molecule has 0 radical (unpaired) electrons. The van der Waals surface area contributed by atoms with Gasteiger partial charge >= 0.3 is 0 Å². The fourth-order valence-electron chi connectivity index (χ4n) is 1.92. The molecule has 0 saturated carbocycles. The fraction of sp³-hybridized carbons (Fsp3) is 0.538. The van der Waals surface area contributed by atoms with Gasteiger partial charge < -0.3 is 19.7 Å². The molecule has 0 aliphatic carbocycles. The second-order valence-electron chi connectivity index (χ2n) is 4.24. The molecule has 1 aliphatic heterocycles. The van der Waals surface area contributed by atoms with Crippen LogP contribution in [0.4, 0.5) is 0 Å². The number of benzene rings is 1. The molecule has 4 heteroatoms. The van der Waals surface area contributed by atoms with Crippen LogP contribution in [0, 0.1) is 0 Å². The molecule has 0 amide bonds. The summed E-state index contributed by atoms with van der Waals surface area (Å²) in [6.07, 6.45) is -0.0871. The number of aliphatic hydroxyl groups excluding tert-OH is 2. The standard InChI is InChI=1S/C13H18O4/c14-8-11-6-7-12(13(15)17-11)16-9-10-4-2-1-3-5-10/h1-5,11-15H,6-9H2/t11-,12+,13?/m0/s1. The Hall–Kier alpha value is -0.940. The van der Waals surface area contributed by atoms with E-state index in [1.54, 1.807) is 0 Å². The van der Waals surface area contributed by atoms with Gasteiger partial charge in [0.2, 0.25) is 0 Å². The van der Waals surface area contributed by atoms with Gasteiger partial charge in [0.05, 0.1) is 19.3 Å². The van der Waals surface area contributed by atoms with Crippen LogP contribution in [-0.2, 0) is 16.1 Å². The van der Waals surface area contributed by atoms with E-state index in [-0.39, 0.29) is 18.8 Å². The Labute approximate surface area is 101 Å². The molecule has 1 unspecified atom stereocenters. The minimum Gasteiger partial charge on any atom is -0.394 e. The molecule has 0 aromatic heterocycles. The molecule has 1 aromatic rings. The summed E-state index contributed by atoms with van der Waals surface area (Å²) in [6.45, 7) is 0.415. The first kappa shape index (κ1) is 12.5. The summed E-state index contributed by atoms with van der Waals surface area (Å²) >= 11 is 0. The SMILES string of the molecule is OC[C@@H]1CC[C@@H](OCc2ccccc2)C(O)O1. The predicted molar refractivity (Wildman–Crippen MR) is 62.2 cm³/mol. The van der Waals surface area contributed by atoms with E-state index in [1.807, 2.05) is 30.3 Å². The first-order valence-electron chi connectivity index (χ1n) is 5.89. The molecule has 3 atom stereocenters. The zero-order valence-corrected chi connectivity index (χ0v) is 9.66. The Kier molecular flexibility index (Phi) is 4.50. The normalized spacial score (nSPS) is 29.2. The lowest BCUT2D eigenvalue weighted by Crippen LogP contribution is -2.41. The van der Waals surface area contributed by atoms with Crippen molar-refractivity contribution >= 4 is 0 Å². The van der Waals surface area contributed by atoms with Gasteiger partial charge in [0.25, 0.3) is 0 Å².